The Kier molecular flexibility index (Phi) is 5.78. The SMILES string of the molecule is ClC(C=NN1CCN(c2ccc(Cl)cc2)CC1)=Cc1ccccc1. The molecule has 2 aromatic rings. The summed E-state index contributed by atoms with van der Waals surface area (Å²) in [5, 5.41) is 7.92. The van der Waals surface area contributed by atoms with Crippen LogP contribution in [0.4, 0.5) is 5.69 Å². The minimum atomic E-state index is 0.626. The van der Waals surface area contributed by atoms with Crippen molar-refractivity contribution in [1.82, 2.24) is 5.01 Å². The summed E-state index contributed by atoms with van der Waals surface area (Å²) in [5.41, 5.74) is 2.27. The highest BCUT2D eigenvalue weighted by Crippen LogP contribution is 2.19. The first-order valence-electron chi connectivity index (χ1n) is 7.92. The van der Waals surface area contributed by atoms with E-state index in [-0.39, 0.29) is 0 Å². The molecular formula is C19H19Cl2N3. The van der Waals surface area contributed by atoms with Crippen LogP contribution in [0.1, 0.15) is 5.56 Å². The minimum Gasteiger partial charge on any atom is -0.368 e. The molecule has 1 heterocycles. The second-order valence-electron chi connectivity index (χ2n) is 5.60. The van der Waals surface area contributed by atoms with Gasteiger partial charge >= 0.3 is 0 Å². The monoisotopic (exact) mass is 359 g/mol. The molecule has 0 atom stereocenters. The molecule has 3 nitrogen and oxygen atoms in total. The molecule has 1 saturated heterocycles. The molecule has 0 N–H and O–H groups in total. The Morgan fingerprint density at radius 2 is 1.58 bits per heavy atom. The van der Waals surface area contributed by atoms with Gasteiger partial charge in [0.1, 0.15) is 0 Å². The van der Waals surface area contributed by atoms with E-state index < -0.39 is 0 Å². The molecular weight excluding hydrogens is 341 g/mol. The second kappa shape index (κ2) is 8.22. The third-order valence-electron chi connectivity index (χ3n) is 3.90. The van der Waals surface area contributed by atoms with Gasteiger partial charge in [0.15, 0.2) is 0 Å². The van der Waals surface area contributed by atoms with Gasteiger partial charge in [0.25, 0.3) is 0 Å². The summed E-state index contributed by atoms with van der Waals surface area (Å²) in [7, 11) is 0. The summed E-state index contributed by atoms with van der Waals surface area (Å²) in [4.78, 5) is 2.34. The van der Waals surface area contributed by atoms with Crippen molar-refractivity contribution in [2.24, 2.45) is 5.10 Å². The van der Waals surface area contributed by atoms with Gasteiger partial charge in [-0.05, 0) is 35.9 Å². The van der Waals surface area contributed by atoms with Crippen LogP contribution in [0.2, 0.25) is 5.02 Å². The van der Waals surface area contributed by atoms with Gasteiger partial charge in [0.05, 0.1) is 24.3 Å². The van der Waals surface area contributed by atoms with E-state index in [9.17, 15) is 0 Å². The maximum atomic E-state index is 6.24. The van der Waals surface area contributed by atoms with Crippen LogP contribution in [0.5, 0.6) is 0 Å². The molecule has 0 aromatic heterocycles. The zero-order chi connectivity index (χ0) is 16.8. The maximum Gasteiger partial charge on any atom is 0.0657 e. The molecule has 0 radical (unpaired) electrons. The zero-order valence-electron chi connectivity index (χ0n) is 13.3. The van der Waals surface area contributed by atoms with Gasteiger partial charge in [-0.1, -0.05) is 53.5 Å². The Balaban J connectivity index is 1.53. The molecule has 0 unspecified atom stereocenters. The molecule has 1 aliphatic heterocycles. The van der Waals surface area contributed by atoms with Gasteiger partial charge in [0, 0.05) is 23.8 Å². The molecule has 1 aliphatic rings. The van der Waals surface area contributed by atoms with E-state index in [1.807, 2.05) is 53.5 Å². The third-order valence-corrected chi connectivity index (χ3v) is 4.36. The molecule has 0 bridgehead atoms. The third kappa shape index (κ3) is 4.76. The number of hydrazone groups is 1. The highest BCUT2D eigenvalue weighted by Gasteiger charge is 2.15. The van der Waals surface area contributed by atoms with E-state index in [4.69, 9.17) is 23.2 Å². The summed E-state index contributed by atoms with van der Waals surface area (Å²) in [5.74, 6) is 0. The molecule has 0 amide bonds. The summed E-state index contributed by atoms with van der Waals surface area (Å²) in [6, 6.07) is 18.0. The lowest BCUT2D eigenvalue weighted by molar-refractivity contribution is 0.272. The normalized spacial score (nSPS) is 16.0. The maximum absolute atomic E-state index is 6.24. The largest absolute Gasteiger partial charge is 0.368 e. The highest BCUT2D eigenvalue weighted by molar-refractivity contribution is 6.41. The Hall–Kier alpha value is -1.97. The number of hydrogen-bond donors (Lipinski definition) is 0. The van der Waals surface area contributed by atoms with E-state index in [1.165, 1.54) is 5.69 Å². The van der Waals surface area contributed by atoms with Gasteiger partial charge in [-0.15, -0.1) is 0 Å². The van der Waals surface area contributed by atoms with Crippen LogP contribution >= 0.6 is 23.2 Å². The van der Waals surface area contributed by atoms with Gasteiger partial charge < -0.3 is 4.90 Å². The van der Waals surface area contributed by atoms with Crippen LogP contribution in [0.25, 0.3) is 6.08 Å². The molecule has 0 saturated carbocycles. The topological polar surface area (TPSA) is 18.8 Å². The van der Waals surface area contributed by atoms with Crippen LogP contribution in [0, 0.1) is 0 Å². The summed E-state index contributed by atoms with van der Waals surface area (Å²) in [6.45, 7) is 3.60. The first-order valence-corrected chi connectivity index (χ1v) is 8.68. The molecule has 5 heteroatoms. The summed E-state index contributed by atoms with van der Waals surface area (Å²) < 4.78 is 0. The fourth-order valence-electron chi connectivity index (χ4n) is 2.60. The molecule has 3 rings (SSSR count). The lowest BCUT2D eigenvalue weighted by Gasteiger charge is -2.34. The van der Waals surface area contributed by atoms with E-state index in [1.54, 1.807) is 6.21 Å². The van der Waals surface area contributed by atoms with Crippen molar-refractivity contribution in [3.05, 3.63) is 70.2 Å². The average molecular weight is 360 g/mol. The zero-order valence-corrected chi connectivity index (χ0v) is 14.8. The van der Waals surface area contributed by atoms with Gasteiger partial charge in [-0.25, -0.2) is 0 Å². The molecule has 2 aromatic carbocycles. The van der Waals surface area contributed by atoms with E-state index in [0.29, 0.717) is 5.03 Å². The van der Waals surface area contributed by atoms with Crippen molar-refractivity contribution in [3.8, 4) is 0 Å². The predicted molar refractivity (Wildman–Crippen MR) is 104 cm³/mol. The predicted octanol–water partition coefficient (Wildman–Crippen LogP) is 4.73. The Labute approximate surface area is 152 Å². The number of piperazine rings is 1. The van der Waals surface area contributed by atoms with Crippen LogP contribution in [0.3, 0.4) is 0 Å². The Morgan fingerprint density at radius 3 is 2.25 bits per heavy atom. The van der Waals surface area contributed by atoms with E-state index in [2.05, 4.69) is 22.1 Å². The fraction of sp³-hybridized carbons (Fsp3) is 0.211. The van der Waals surface area contributed by atoms with Crippen molar-refractivity contribution in [2.75, 3.05) is 31.1 Å². The number of allylic oxidation sites excluding steroid dienone is 1. The van der Waals surface area contributed by atoms with E-state index >= 15 is 0 Å². The first kappa shape index (κ1) is 16.9. The number of hydrogen-bond acceptors (Lipinski definition) is 3. The van der Waals surface area contributed by atoms with Crippen molar-refractivity contribution in [2.45, 2.75) is 0 Å². The van der Waals surface area contributed by atoms with Crippen molar-refractivity contribution >= 4 is 41.2 Å². The molecule has 24 heavy (non-hydrogen) atoms. The van der Waals surface area contributed by atoms with Crippen LogP contribution in [-0.4, -0.2) is 37.4 Å². The number of nitrogens with zero attached hydrogens (tertiary/aromatic N) is 3. The van der Waals surface area contributed by atoms with Gasteiger partial charge in [-0.2, -0.15) is 5.10 Å². The fourth-order valence-corrected chi connectivity index (χ4v) is 2.90. The lowest BCUT2D eigenvalue weighted by atomic mass is 10.2. The molecule has 1 fully saturated rings. The van der Waals surface area contributed by atoms with E-state index in [0.717, 1.165) is 36.8 Å². The van der Waals surface area contributed by atoms with Crippen LogP contribution < -0.4 is 4.90 Å². The van der Waals surface area contributed by atoms with Crippen molar-refractivity contribution < 1.29 is 0 Å². The highest BCUT2D eigenvalue weighted by atomic mass is 35.5. The second-order valence-corrected chi connectivity index (χ2v) is 6.47. The Bertz CT molecular complexity index is 703. The lowest BCUT2D eigenvalue weighted by Crippen LogP contribution is -2.44. The summed E-state index contributed by atoms with van der Waals surface area (Å²) in [6.07, 6.45) is 3.63. The summed E-state index contributed by atoms with van der Waals surface area (Å²) >= 11 is 12.2. The van der Waals surface area contributed by atoms with Gasteiger partial charge in [-0.3, -0.25) is 5.01 Å². The molecule has 124 valence electrons. The van der Waals surface area contributed by atoms with Gasteiger partial charge in [0.2, 0.25) is 0 Å². The number of benzene rings is 2. The first-order chi connectivity index (χ1) is 11.7. The quantitative estimate of drug-likeness (QED) is 0.735. The minimum absolute atomic E-state index is 0.626. The average Bonchev–Trinajstić information content (AvgIpc) is 2.62. The smallest absolute Gasteiger partial charge is 0.0657 e. The van der Waals surface area contributed by atoms with Crippen molar-refractivity contribution in [3.63, 3.8) is 0 Å². The number of rotatable bonds is 4. The number of anilines is 1. The number of halogens is 2. The molecule has 0 spiro atoms. The molecule has 0 aliphatic carbocycles. The van der Waals surface area contributed by atoms with Crippen molar-refractivity contribution in [1.29, 1.82) is 0 Å². The Morgan fingerprint density at radius 1 is 0.917 bits per heavy atom. The van der Waals surface area contributed by atoms with Crippen LogP contribution in [-0.2, 0) is 0 Å². The van der Waals surface area contributed by atoms with Crippen LogP contribution in [0.15, 0.2) is 64.7 Å². The standard InChI is InChI=1S/C19H19Cl2N3/c20-17-6-8-19(9-7-17)23-10-12-24(13-11-23)22-15-18(21)14-16-4-2-1-3-5-16/h1-9,14-15H,10-13H2.